The molecule has 1 N–H and O–H groups in total. The normalized spacial score (nSPS) is 24.6. The second-order valence-corrected chi connectivity index (χ2v) is 5.29. The van der Waals surface area contributed by atoms with E-state index in [1.807, 2.05) is 12.1 Å². The summed E-state index contributed by atoms with van der Waals surface area (Å²) in [6, 6.07) is 6.20. The van der Waals surface area contributed by atoms with Gasteiger partial charge < -0.3 is 9.84 Å². The standard InChI is InChI=1S/C15H20O2/c16-15-7-3-4-11-10-13(8-9-14(11)15)17-12-5-1-2-6-12/h8-10,12,15-16H,1-7H2. The molecular formula is C15H20O2. The van der Waals surface area contributed by atoms with Gasteiger partial charge in [0.15, 0.2) is 0 Å². The third-order valence-electron chi connectivity index (χ3n) is 4.00. The summed E-state index contributed by atoms with van der Waals surface area (Å²) in [7, 11) is 0. The zero-order valence-electron chi connectivity index (χ0n) is 10.2. The summed E-state index contributed by atoms with van der Waals surface area (Å²) in [4.78, 5) is 0. The first kappa shape index (κ1) is 11.1. The van der Waals surface area contributed by atoms with Crippen molar-refractivity contribution in [2.75, 3.05) is 0 Å². The smallest absolute Gasteiger partial charge is 0.120 e. The maximum Gasteiger partial charge on any atom is 0.120 e. The monoisotopic (exact) mass is 232 g/mol. The molecule has 17 heavy (non-hydrogen) atoms. The number of aliphatic hydroxyl groups excluding tert-OH is 1. The largest absolute Gasteiger partial charge is 0.490 e. The second-order valence-electron chi connectivity index (χ2n) is 5.29. The molecule has 0 aromatic heterocycles. The van der Waals surface area contributed by atoms with Crippen molar-refractivity contribution in [3.05, 3.63) is 29.3 Å². The molecule has 0 bridgehead atoms. The van der Waals surface area contributed by atoms with Crippen molar-refractivity contribution in [2.24, 2.45) is 0 Å². The van der Waals surface area contributed by atoms with E-state index in [1.54, 1.807) is 0 Å². The molecular weight excluding hydrogens is 212 g/mol. The van der Waals surface area contributed by atoms with Crippen LogP contribution in [0, 0.1) is 0 Å². The predicted molar refractivity (Wildman–Crippen MR) is 67.2 cm³/mol. The molecule has 1 aromatic rings. The van der Waals surface area contributed by atoms with Crippen molar-refractivity contribution in [1.82, 2.24) is 0 Å². The lowest BCUT2D eigenvalue weighted by Gasteiger charge is -2.22. The topological polar surface area (TPSA) is 29.5 Å². The molecule has 0 heterocycles. The molecule has 2 aliphatic carbocycles. The quantitative estimate of drug-likeness (QED) is 0.847. The molecule has 2 heteroatoms. The van der Waals surface area contributed by atoms with E-state index < -0.39 is 0 Å². The van der Waals surface area contributed by atoms with Crippen molar-refractivity contribution in [1.29, 1.82) is 0 Å². The highest BCUT2D eigenvalue weighted by Crippen LogP contribution is 2.33. The van der Waals surface area contributed by atoms with Crippen LogP contribution in [0.25, 0.3) is 0 Å². The zero-order valence-corrected chi connectivity index (χ0v) is 10.2. The van der Waals surface area contributed by atoms with Gasteiger partial charge in [0, 0.05) is 0 Å². The van der Waals surface area contributed by atoms with Crippen LogP contribution in [0.4, 0.5) is 0 Å². The SMILES string of the molecule is OC1CCCc2cc(OC3CCCC3)ccc21. The highest BCUT2D eigenvalue weighted by atomic mass is 16.5. The van der Waals surface area contributed by atoms with Gasteiger partial charge in [-0.3, -0.25) is 0 Å². The Morgan fingerprint density at radius 3 is 2.71 bits per heavy atom. The van der Waals surface area contributed by atoms with Crippen LogP contribution in [0.3, 0.4) is 0 Å². The predicted octanol–water partition coefficient (Wildman–Crippen LogP) is 3.38. The van der Waals surface area contributed by atoms with Gasteiger partial charge in [-0.1, -0.05) is 6.07 Å². The summed E-state index contributed by atoms with van der Waals surface area (Å²) in [6.45, 7) is 0. The van der Waals surface area contributed by atoms with Crippen LogP contribution < -0.4 is 4.74 Å². The summed E-state index contributed by atoms with van der Waals surface area (Å²) in [5.41, 5.74) is 2.38. The number of aryl methyl sites for hydroxylation is 1. The fourth-order valence-electron chi connectivity index (χ4n) is 3.04. The van der Waals surface area contributed by atoms with Crippen LogP contribution in [0.2, 0.25) is 0 Å². The molecule has 1 atom stereocenters. The van der Waals surface area contributed by atoms with Crippen LogP contribution in [-0.4, -0.2) is 11.2 Å². The Bertz CT molecular complexity index is 394. The lowest BCUT2D eigenvalue weighted by molar-refractivity contribution is 0.156. The number of hydrogen-bond acceptors (Lipinski definition) is 2. The van der Waals surface area contributed by atoms with E-state index in [0.29, 0.717) is 6.10 Å². The van der Waals surface area contributed by atoms with Gasteiger partial charge in [-0.15, -0.1) is 0 Å². The molecule has 0 radical (unpaired) electrons. The summed E-state index contributed by atoms with van der Waals surface area (Å²) in [6.07, 6.45) is 8.20. The number of ether oxygens (including phenoxy) is 1. The number of hydrogen-bond donors (Lipinski definition) is 1. The maximum atomic E-state index is 9.90. The summed E-state index contributed by atoms with van der Waals surface area (Å²) < 4.78 is 5.99. The van der Waals surface area contributed by atoms with Crippen molar-refractivity contribution >= 4 is 0 Å². The highest BCUT2D eigenvalue weighted by Gasteiger charge is 2.20. The molecule has 0 amide bonds. The third kappa shape index (κ3) is 2.32. The average molecular weight is 232 g/mol. The van der Waals surface area contributed by atoms with E-state index in [9.17, 15) is 5.11 Å². The minimum absolute atomic E-state index is 0.265. The fraction of sp³-hybridized carbons (Fsp3) is 0.600. The first-order chi connectivity index (χ1) is 8.33. The van der Waals surface area contributed by atoms with Crippen LogP contribution >= 0.6 is 0 Å². The average Bonchev–Trinajstić information content (AvgIpc) is 2.82. The summed E-state index contributed by atoms with van der Waals surface area (Å²) >= 11 is 0. The molecule has 0 aliphatic heterocycles. The molecule has 1 saturated carbocycles. The first-order valence-corrected chi connectivity index (χ1v) is 6.80. The van der Waals surface area contributed by atoms with Gasteiger partial charge in [0.1, 0.15) is 5.75 Å². The van der Waals surface area contributed by atoms with Crippen LogP contribution in [0.1, 0.15) is 55.8 Å². The summed E-state index contributed by atoms with van der Waals surface area (Å²) in [5.74, 6) is 0.991. The number of aliphatic hydroxyl groups is 1. The lowest BCUT2D eigenvalue weighted by atomic mass is 9.89. The molecule has 92 valence electrons. The zero-order chi connectivity index (χ0) is 11.7. The first-order valence-electron chi connectivity index (χ1n) is 6.80. The molecule has 2 nitrogen and oxygen atoms in total. The number of fused-ring (bicyclic) bond motifs is 1. The molecule has 2 aliphatic rings. The molecule has 1 unspecified atom stereocenters. The number of benzene rings is 1. The van der Waals surface area contributed by atoms with Gasteiger partial charge >= 0.3 is 0 Å². The molecule has 3 rings (SSSR count). The Labute approximate surface area is 103 Å². The molecule has 0 saturated heterocycles. The van der Waals surface area contributed by atoms with Gasteiger partial charge in [-0.05, 0) is 68.2 Å². The third-order valence-corrected chi connectivity index (χ3v) is 4.00. The molecule has 0 spiro atoms. The van der Waals surface area contributed by atoms with Crippen LogP contribution in [0.15, 0.2) is 18.2 Å². The van der Waals surface area contributed by atoms with Gasteiger partial charge in [0.25, 0.3) is 0 Å². The molecule has 1 fully saturated rings. The van der Waals surface area contributed by atoms with Crippen molar-refractivity contribution in [2.45, 2.75) is 57.2 Å². The van der Waals surface area contributed by atoms with Gasteiger partial charge in [0.2, 0.25) is 0 Å². The van der Waals surface area contributed by atoms with Gasteiger partial charge in [-0.2, -0.15) is 0 Å². The second kappa shape index (κ2) is 4.69. The Balaban J connectivity index is 1.77. The minimum Gasteiger partial charge on any atom is -0.490 e. The Kier molecular flexibility index (Phi) is 3.06. The minimum atomic E-state index is -0.265. The maximum absolute atomic E-state index is 9.90. The van der Waals surface area contributed by atoms with Gasteiger partial charge in [0.05, 0.1) is 12.2 Å². The fourth-order valence-corrected chi connectivity index (χ4v) is 3.04. The van der Waals surface area contributed by atoms with E-state index in [2.05, 4.69) is 6.07 Å². The van der Waals surface area contributed by atoms with E-state index in [-0.39, 0.29) is 6.10 Å². The van der Waals surface area contributed by atoms with E-state index in [1.165, 1.54) is 31.2 Å². The van der Waals surface area contributed by atoms with Crippen molar-refractivity contribution < 1.29 is 9.84 Å². The van der Waals surface area contributed by atoms with Crippen molar-refractivity contribution in [3.8, 4) is 5.75 Å². The van der Waals surface area contributed by atoms with Gasteiger partial charge in [-0.25, -0.2) is 0 Å². The van der Waals surface area contributed by atoms with E-state index in [4.69, 9.17) is 4.74 Å². The Morgan fingerprint density at radius 2 is 1.88 bits per heavy atom. The Hall–Kier alpha value is -1.02. The van der Waals surface area contributed by atoms with Crippen molar-refractivity contribution in [3.63, 3.8) is 0 Å². The Morgan fingerprint density at radius 1 is 1.06 bits per heavy atom. The van der Waals surface area contributed by atoms with Crippen LogP contribution in [0.5, 0.6) is 5.75 Å². The lowest BCUT2D eigenvalue weighted by Crippen LogP contribution is -2.13. The van der Waals surface area contributed by atoms with E-state index >= 15 is 0 Å². The molecule has 1 aromatic carbocycles. The van der Waals surface area contributed by atoms with Crippen LogP contribution in [-0.2, 0) is 6.42 Å². The highest BCUT2D eigenvalue weighted by molar-refractivity contribution is 5.38. The summed E-state index contributed by atoms with van der Waals surface area (Å²) in [5, 5.41) is 9.90. The van der Waals surface area contributed by atoms with E-state index in [0.717, 1.165) is 30.6 Å². The number of rotatable bonds is 2.